The number of hydrogen-bond acceptors (Lipinski definition) is 3. The van der Waals surface area contributed by atoms with Crippen LogP contribution in [-0.4, -0.2) is 22.9 Å². The van der Waals surface area contributed by atoms with Crippen LogP contribution in [0.3, 0.4) is 0 Å². The Morgan fingerprint density at radius 3 is 2.78 bits per heavy atom. The Bertz CT molecular complexity index is 578. The number of halogens is 1. The van der Waals surface area contributed by atoms with Crippen LogP contribution in [0.1, 0.15) is 21.6 Å². The molecule has 0 radical (unpaired) electrons. The monoisotopic (exact) mass is 308 g/mol. The van der Waals surface area contributed by atoms with Gasteiger partial charge in [0, 0.05) is 29.7 Å². The van der Waals surface area contributed by atoms with E-state index in [1.54, 1.807) is 11.7 Å². The molecule has 1 heterocycles. The molecule has 18 heavy (non-hydrogen) atoms. The Morgan fingerprint density at radius 2 is 2.11 bits per heavy atom. The second-order valence-electron chi connectivity index (χ2n) is 3.94. The molecule has 4 nitrogen and oxygen atoms in total. The lowest BCUT2D eigenvalue weighted by molar-refractivity contribution is 0.0592. The van der Waals surface area contributed by atoms with Crippen molar-refractivity contribution in [2.24, 2.45) is 7.05 Å². The number of ether oxygens (including phenoxy) is 1. The van der Waals surface area contributed by atoms with E-state index in [1.807, 2.05) is 30.5 Å². The molecule has 0 bridgehead atoms. The van der Waals surface area contributed by atoms with Gasteiger partial charge in [0.25, 0.3) is 0 Å². The van der Waals surface area contributed by atoms with E-state index in [9.17, 15) is 4.79 Å². The minimum atomic E-state index is -0.405. The summed E-state index contributed by atoms with van der Waals surface area (Å²) in [4.78, 5) is 11.6. The van der Waals surface area contributed by atoms with Gasteiger partial charge in [-0.2, -0.15) is 5.10 Å². The van der Waals surface area contributed by atoms with Gasteiger partial charge < -0.3 is 4.74 Å². The smallest absolute Gasteiger partial charge is 0.358 e. The average molecular weight is 309 g/mol. The van der Waals surface area contributed by atoms with Crippen LogP contribution in [0.4, 0.5) is 0 Å². The predicted molar refractivity (Wildman–Crippen MR) is 71.5 cm³/mol. The van der Waals surface area contributed by atoms with Gasteiger partial charge >= 0.3 is 5.97 Å². The molecule has 2 rings (SSSR count). The van der Waals surface area contributed by atoms with Gasteiger partial charge in [-0.1, -0.05) is 34.1 Å². The molecule has 0 N–H and O–H groups in total. The summed E-state index contributed by atoms with van der Waals surface area (Å²) in [6.45, 7) is 0. The molecule has 94 valence electrons. The number of rotatable bonds is 3. The number of benzene rings is 1. The molecule has 0 unspecified atom stereocenters. The van der Waals surface area contributed by atoms with Gasteiger partial charge in [0.15, 0.2) is 5.69 Å². The summed E-state index contributed by atoms with van der Waals surface area (Å²) in [7, 11) is 3.15. The predicted octanol–water partition coefficient (Wildman–Crippen LogP) is 2.56. The molecule has 5 heteroatoms. The van der Waals surface area contributed by atoms with E-state index >= 15 is 0 Å². The molecular formula is C13H13BrN2O2. The lowest BCUT2D eigenvalue weighted by Crippen LogP contribution is -2.06. The second-order valence-corrected chi connectivity index (χ2v) is 4.79. The van der Waals surface area contributed by atoms with Crippen molar-refractivity contribution in [1.82, 2.24) is 9.78 Å². The molecule has 0 saturated carbocycles. The SMILES string of the molecule is COC(=O)c1nn(C)cc1Cc1ccccc1Br. The van der Waals surface area contributed by atoms with Gasteiger partial charge in [0.05, 0.1) is 7.11 Å². The lowest BCUT2D eigenvalue weighted by Gasteiger charge is -2.03. The molecule has 0 spiro atoms. The van der Waals surface area contributed by atoms with Gasteiger partial charge in [-0.15, -0.1) is 0 Å². The van der Waals surface area contributed by atoms with Crippen LogP contribution in [0, 0.1) is 0 Å². The van der Waals surface area contributed by atoms with Crippen LogP contribution in [0.25, 0.3) is 0 Å². The van der Waals surface area contributed by atoms with Crippen LogP contribution in [-0.2, 0) is 18.2 Å². The van der Waals surface area contributed by atoms with Crippen LogP contribution in [0.5, 0.6) is 0 Å². The van der Waals surface area contributed by atoms with E-state index in [-0.39, 0.29) is 0 Å². The summed E-state index contributed by atoms with van der Waals surface area (Å²) in [5, 5.41) is 4.13. The molecule has 0 amide bonds. The van der Waals surface area contributed by atoms with E-state index in [0.29, 0.717) is 12.1 Å². The third kappa shape index (κ3) is 2.61. The van der Waals surface area contributed by atoms with Gasteiger partial charge in [-0.25, -0.2) is 4.79 Å². The van der Waals surface area contributed by atoms with Crippen molar-refractivity contribution in [3.05, 3.63) is 51.8 Å². The summed E-state index contributed by atoms with van der Waals surface area (Å²) in [6, 6.07) is 7.91. The summed E-state index contributed by atoms with van der Waals surface area (Å²) >= 11 is 3.50. The van der Waals surface area contributed by atoms with E-state index in [4.69, 9.17) is 4.74 Å². The van der Waals surface area contributed by atoms with Gasteiger partial charge in [0.2, 0.25) is 0 Å². The fraction of sp³-hybridized carbons (Fsp3) is 0.231. The van der Waals surface area contributed by atoms with Gasteiger partial charge in [0.1, 0.15) is 0 Å². The number of carbonyl (C=O) groups excluding carboxylic acids is 1. The number of nitrogens with zero attached hydrogens (tertiary/aromatic N) is 2. The molecule has 0 aliphatic rings. The lowest BCUT2D eigenvalue weighted by atomic mass is 10.1. The summed E-state index contributed by atoms with van der Waals surface area (Å²) in [6.07, 6.45) is 2.48. The molecule has 1 aromatic carbocycles. The highest BCUT2D eigenvalue weighted by molar-refractivity contribution is 9.10. The Balaban J connectivity index is 2.35. The second kappa shape index (κ2) is 5.35. The number of esters is 1. The summed E-state index contributed by atoms with van der Waals surface area (Å²) in [5.41, 5.74) is 2.34. The quantitative estimate of drug-likeness (QED) is 0.819. The topological polar surface area (TPSA) is 44.1 Å². The molecule has 2 aromatic rings. The van der Waals surface area contributed by atoms with Crippen molar-refractivity contribution in [3.8, 4) is 0 Å². The van der Waals surface area contributed by atoms with Crippen molar-refractivity contribution in [2.45, 2.75) is 6.42 Å². The molecule has 0 aliphatic heterocycles. The maximum absolute atomic E-state index is 11.6. The number of aromatic nitrogens is 2. The summed E-state index contributed by atoms with van der Waals surface area (Å²) in [5.74, 6) is -0.405. The van der Waals surface area contributed by atoms with E-state index in [0.717, 1.165) is 15.6 Å². The highest BCUT2D eigenvalue weighted by Gasteiger charge is 2.17. The standard InChI is InChI=1S/C13H13BrN2O2/c1-16-8-10(12(15-16)13(17)18-2)7-9-5-3-4-6-11(9)14/h3-6,8H,7H2,1-2H3. The first-order valence-electron chi connectivity index (χ1n) is 5.46. The van der Waals surface area contributed by atoms with Crippen molar-refractivity contribution >= 4 is 21.9 Å². The van der Waals surface area contributed by atoms with Crippen molar-refractivity contribution in [2.75, 3.05) is 7.11 Å². The van der Waals surface area contributed by atoms with Crippen molar-refractivity contribution in [3.63, 3.8) is 0 Å². The first kappa shape index (κ1) is 12.8. The van der Waals surface area contributed by atoms with Crippen molar-refractivity contribution in [1.29, 1.82) is 0 Å². The van der Waals surface area contributed by atoms with E-state index in [2.05, 4.69) is 21.0 Å². The van der Waals surface area contributed by atoms with Crippen molar-refractivity contribution < 1.29 is 9.53 Å². The van der Waals surface area contributed by atoms with E-state index < -0.39 is 5.97 Å². The molecule has 0 fully saturated rings. The molecule has 1 aromatic heterocycles. The number of aryl methyl sites for hydroxylation is 1. The zero-order valence-corrected chi connectivity index (χ0v) is 11.8. The minimum absolute atomic E-state index is 0.371. The van der Waals surface area contributed by atoms with Gasteiger partial charge in [-0.05, 0) is 11.6 Å². The van der Waals surface area contributed by atoms with Crippen LogP contribution >= 0.6 is 15.9 Å². The van der Waals surface area contributed by atoms with Gasteiger partial charge in [-0.3, -0.25) is 4.68 Å². The Kier molecular flexibility index (Phi) is 3.81. The largest absolute Gasteiger partial charge is 0.464 e. The zero-order valence-electron chi connectivity index (χ0n) is 10.2. The first-order valence-corrected chi connectivity index (χ1v) is 6.25. The number of hydrogen-bond donors (Lipinski definition) is 0. The van der Waals surface area contributed by atoms with Crippen LogP contribution in [0.2, 0.25) is 0 Å². The molecule has 0 atom stereocenters. The molecule has 0 saturated heterocycles. The molecule has 0 aliphatic carbocycles. The fourth-order valence-corrected chi connectivity index (χ4v) is 2.21. The minimum Gasteiger partial charge on any atom is -0.464 e. The number of methoxy groups -OCH3 is 1. The van der Waals surface area contributed by atoms with Crippen LogP contribution in [0.15, 0.2) is 34.9 Å². The third-order valence-corrected chi connectivity index (χ3v) is 3.40. The third-order valence-electron chi connectivity index (χ3n) is 2.62. The number of carbonyl (C=O) groups is 1. The Hall–Kier alpha value is -1.62. The van der Waals surface area contributed by atoms with Crippen LogP contribution < -0.4 is 0 Å². The Morgan fingerprint density at radius 1 is 1.39 bits per heavy atom. The molecular weight excluding hydrogens is 296 g/mol. The summed E-state index contributed by atoms with van der Waals surface area (Å²) < 4.78 is 7.37. The maximum Gasteiger partial charge on any atom is 0.358 e. The highest BCUT2D eigenvalue weighted by Crippen LogP contribution is 2.21. The Labute approximate surface area is 114 Å². The highest BCUT2D eigenvalue weighted by atomic mass is 79.9. The van der Waals surface area contributed by atoms with E-state index in [1.165, 1.54) is 7.11 Å². The average Bonchev–Trinajstić information content (AvgIpc) is 2.72. The zero-order chi connectivity index (χ0) is 13.1. The maximum atomic E-state index is 11.6. The normalized spacial score (nSPS) is 10.4. The first-order chi connectivity index (χ1) is 8.61. The fourth-order valence-electron chi connectivity index (χ4n) is 1.78.